The van der Waals surface area contributed by atoms with Crippen LogP contribution in [0.2, 0.25) is 0 Å². The largest absolute Gasteiger partial charge is 0.385 e. The average Bonchev–Trinajstić information content (AvgIpc) is 3.33. The summed E-state index contributed by atoms with van der Waals surface area (Å²) in [6, 6.07) is 20.1. The van der Waals surface area contributed by atoms with E-state index in [9.17, 15) is 4.79 Å². The molecule has 0 unspecified atom stereocenters. The summed E-state index contributed by atoms with van der Waals surface area (Å²) in [6.45, 7) is 0.853. The van der Waals surface area contributed by atoms with E-state index in [4.69, 9.17) is 0 Å². The van der Waals surface area contributed by atoms with Crippen LogP contribution in [-0.4, -0.2) is 17.4 Å². The second kappa shape index (κ2) is 8.10. The molecule has 3 N–H and O–H groups in total. The number of thiophene rings is 1. The fourth-order valence-corrected chi connectivity index (χ4v) is 3.83. The van der Waals surface area contributed by atoms with Gasteiger partial charge in [-0.2, -0.15) is 0 Å². The average molecular weight is 375 g/mol. The predicted molar refractivity (Wildman–Crippen MR) is 114 cm³/mol. The quantitative estimate of drug-likeness (QED) is 0.423. The van der Waals surface area contributed by atoms with Gasteiger partial charge in [-0.25, -0.2) is 0 Å². The molecule has 0 aliphatic rings. The summed E-state index contributed by atoms with van der Waals surface area (Å²) in [5, 5.41) is 9.65. The minimum atomic E-state index is 0.0116. The van der Waals surface area contributed by atoms with Crippen molar-refractivity contribution in [1.82, 2.24) is 4.98 Å². The minimum absolute atomic E-state index is 0.0116. The monoisotopic (exact) mass is 375 g/mol. The van der Waals surface area contributed by atoms with Crippen LogP contribution in [0.5, 0.6) is 0 Å². The number of nitrogens with one attached hydrogen (secondary N) is 3. The molecule has 0 fully saturated rings. The Morgan fingerprint density at radius 1 is 0.963 bits per heavy atom. The van der Waals surface area contributed by atoms with Crippen LogP contribution in [-0.2, 0) is 17.6 Å². The molecule has 4 nitrogen and oxygen atoms in total. The van der Waals surface area contributed by atoms with Crippen molar-refractivity contribution in [1.29, 1.82) is 0 Å². The summed E-state index contributed by atoms with van der Waals surface area (Å²) in [4.78, 5) is 16.4. The van der Waals surface area contributed by atoms with Crippen LogP contribution >= 0.6 is 11.3 Å². The van der Waals surface area contributed by atoms with Gasteiger partial charge in [-0.1, -0.05) is 24.3 Å². The summed E-state index contributed by atoms with van der Waals surface area (Å²) < 4.78 is 0. The maximum Gasteiger partial charge on any atom is 0.229 e. The van der Waals surface area contributed by atoms with E-state index in [0.29, 0.717) is 6.42 Å². The number of hydrogen-bond acceptors (Lipinski definition) is 3. The van der Waals surface area contributed by atoms with Crippen molar-refractivity contribution in [3.8, 4) is 0 Å². The molecule has 4 aromatic rings. The summed E-state index contributed by atoms with van der Waals surface area (Å²) in [5.41, 5.74) is 4.36. The zero-order valence-electron chi connectivity index (χ0n) is 14.9. The molecule has 0 aliphatic heterocycles. The molecular weight excluding hydrogens is 354 g/mol. The Bertz CT molecular complexity index is 1020. The molecule has 0 saturated carbocycles. The number of amides is 1. The van der Waals surface area contributed by atoms with Crippen molar-refractivity contribution in [2.75, 3.05) is 17.2 Å². The first-order valence-electron chi connectivity index (χ1n) is 8.99. The molecule has 1 amide bonds. The van der Waals surface area contributed by atoms with Crippen molar-refractivity contribution in [3.63, 3.8) is 0 Å². The van der Waals surface area contributed by atoms with Crippen molar-refractivity contribution in [3.05, 3.63) is 82.7 Å². The topological polar surface area (TPSA) is 56.9 Å². The molecule has 0 radical (unpaired) electrons. The molecule has 136 valence electrons. The zero-order valence-corrected chi connectivity index (χ0v) is 15.7. The van der Waals surface area contributed by atoms with E-state index >= 15 is 0 Å². The van der Waals surface area contributed by atoms with Crippen LogP contribution in [0.4, 0.5) is 11.4 Å². The molecule has 0 spiro atoms. The van der Waals surface area contributed by atoms with E-state index in [1.54, 1.807) is 11.3 Å². The number of aromatic amines is 1. The van der Waals surface area contributed by atoms with Gasteiger partial charge < -0.3 is 15.6 Å². The van der Waals surface area contributed by atoms with Gasteiger partial charge in [-0.15, -0.1) is 11.3 Å². The van der Waals surface area contributed by atoms with Gasteiger partial charge >= 0.3 is 0 Å². The highest BCUT2D eigenvalue weighted by atomic mass is 32.1. The van der Waals surface area contributed by atoms with E-state index in [1.165, 1.54) is 16.5 Å². The van der Waals surface area contributed by atoms with E-state index in [0.717, 1.165) is 29.2 Å². The van der Waals surface area contributed by atoms with Gasteiger partial charge in [0, 0.05) is 39.9 Å². The van der Waals surface area contributed by atoms with E-state index < -0.39 is 0 Å². The molecule has 2 heterocycles. The van der Waals surface area contributed by atoms with Gasteiger partial charge in [0.15, 0.2) is 0 Å². The third-order valence-electron chi connectivity index (χ3n) is 4.48. The predicted octanol–water partition coefficient (Wildman–Crippen LogP) is 5.07. The van der Waals surface area contributed by atoms with Crippen LogP contribution in [0.15, 0.2) is 72.2 Å². The first kappa shape index (κ1) is 17.4. The first-order chi connectivity index (χ1) is 13.3. The summed E-state index contributed by atoms with van der Waals surface area (Å²) in [6.07, 6.45) is 3.45. The SMILES string of the molecule is O=C(Cc1cccs1)Nc1ccc(NCCc2c[nH]c3ccccc23)cc1. The summed E-state index contributed by atoms with van der Waals surface area (Å²) in [5.74, 6) is 0.0116. The molecule has 0 atom stereocenters. The standard InChI is InChI=1S/C22H21N3OS/c26-22(14-19-4-3-13-27-19)25-18-9-7-17(8-10-18)23-12-11-16-15-24-21-6-2-1-5-20(16)21/h1-10,13,15,23-24H,11-12,14H2,(H,25,26). The lowest BCUT2D eigenvalue weighted by atomic mass is 10.1. The molecule has 27 heavy (non-hydrogen) atoms. The third-order valence-corrected chi connectivity index (χ3v) is 5.36. The number of carbonyl (C=O) groups is 1. The number of fused-ring (bicyclic) bond motifs is 1. The number of anilines is 2. The Kier molecular flexibility index (Phi) is 5.21. The van der Waals surface area contributed by atoms with Crippen molar-refractivity contribution in [2.24, 2.45) is 0 Å². The normalized spacial score (nSPS) is 10.8. The highest BCUT2D eigenvalue weighted by Crippen LogP contribution is 2.19. The molecule has 2 aromatic carbocycles. The maximum absolute atomic E-state index is 12.1. The van der Waals surface area contributed by atoms with Crippen LogP contribution in [0.3, 0.4) is 0 Å². The number of H-pyrrole nitrogens is 1. The van der Waals surface area contributed by atoms with E-state index in [2.05, 4.69) is 40.0 Å². The lowest BCUT2D eigenvalue weighted by Gasteiger charge is -2.08. The van der Waals surface area contributed by atoms with Crippen molar-refractivity contribution < 1.29 is 4.79 Å². The Labute approximate surface area is 162 Å². The lowest BCUT2D eigenvalue weighted by molar-refractivity contribution is -0.115. The highest BCUT2D eigenvalue weighted by molar-refractivity contribution is 7.10. The van der Waals surface area contributed by atoms with Gasteiger partial charge in [0.1, 0.15) is 0 Å². The van der Waals surface area contributed by atoms with Gasteiger partial charge in [-0.05, 0) is 53.8 Å². The third kappa shape index (κ3) is 4.38. The second-order valence-corrected chi connectivity index (χ2v) is 7.45. The Morgan fingerprint density at radius 3 is 2.59 bits per heavy atom. The summed E-state index contributed by atoms with van der Waals surface area (Å²) in [7, 11) is 0. The van der Waals surface area contributed by atoms with Gasteiger partial charge in [-0.3, -0.25) is 4.79 Å². The van der Waals surface area contributed by atoms with E-state index in [-0.39, 0.29) is 5.91 Å². The Morgan fingerprint density at radius 2 is 1.78 bits per heavy atom. The van der Waals surface area contributed by atoms with Crippen LogP contribution in [0, 0.1) is 0 Å². The number of benzene rings is 2. The summed E-state index contributed by atoms with van der Waals surface area (Å²) >= 11 is 1.60. The first-order valence-corrected chi connectivity index (χ1v) is 9.87. The molecule has 0 saturated heterocycles. The highest BCUT2D eigenvalue weighted by Gasteiger charge is 2.05. The minimum Gasteiger partial charge on any atom is -0.385 e. The van der Waals surface area contributed by atoms with Crippen molar-refractivity contribution >= 4 is 39.5 Å². The molecule has 2 aromatic heterocycles. The fraction of sp³-hybridized carbons (Fsp3) is 0.136. The van der Waals surface area contributed by atoms with Crippen LogP contribution in [0.1, 0.15) is 10.4 Å². The van der Waals surface area contributed by atoms with E-state index in [1.807, 2.05) is 47.8 Å². The smallest absolute Gasteiger partial charge is 0.229 e. The molecule has 5 heteroatoms. The van der Waals surface area contributed by atoms with Gasteiger partial charge in [0.05, 0.1) is 6.42 Å². The van der Waals surface area contributed by atoms with Crippen molar-refractivity contribution in [2.45, 2.75) is 12.8 Å². The number of carbonyl (C=O) groups excluding carboxylic acids is 1. The number of para-hydroxylation sites is 1. The molecule has 0 aliphatic carbocycles. The Balaban J connectivity index is 1.28. The number of rotatable bonds is 7. The number of hydrogen-bond donors (Lipinski definition) is 3. The zero-order chi connectivity index (χ0) is 18.5. The number of aromatic nitrogens is 1. The Hall–Kier alpha value is -3.05. The fourth-order valence-electron chi connectivity index (χ4n) is 3.13. The second-order valence-electron chi connectivity index (χ2n) is 6.42. The lowest BCUT2D eigenvalue weighted by Crippen LogP contribution is -2.13. The molecule has 4 rings (SSSR count). The molecular formula is C22H21N3OS. The van der Waals surface area contributed by atoms with Crippen LogP contribution < -0.4 is 10.6 Å². The van der Waals surface area contributed by atoms with Gasteiger partial charge in [0.25, 0.3) is 0 Å². The maximum atomic E-state index is 12.1. The van der Waals surface area contributed by atoms with Gasteiger partial charge in [0.2, 0.25) is 5.91 Å². The van der Waals surface area contributed by atoms with Crippen LogP contribution in [0.25, 0.3) is 10.9 Å². The molecule has 0 bridgehead atoms.